The standard InChI is InChI=1S/C12H20N2O/c15-9-12-7-13-10-14(12)8-11-5-3-1-2-4-6-11/h7,10-11,15H,1-6,8-9H2. The smallest absolute Gasteiger partial charge is 0.0948 e. The zero-order valence-electron chi connectivity index (χ0n) is 9.23. The van der Waals surface area contributed by atoms with Gasteiger partial charge in [-0.05, 0) is 18.8 Å². The molecule has 3 heteroatoms. The van der Waals surface area contributed by atoms with E-state index in [2.05, 4.69) is 9.55 Å². The van der Waals surface area contributed by atoms with Crippen molar-refractivity contribution in [3.05, 3.63) is 18.2 Å². The van der Waals surface area contributed by atoms with E-state index in [0.29, 0.717) is 0 Å². The number of aliphatic hydroxyl groups is 1. The summed E-state index contributed by atoms with van der Waals surface area (Å²) in [6.45, 7) is 1.14. The molecule has 1 saturated carbocycles. The fraction of sp³-hybridized carbons (Fsp3) is 0.750. The van der Waals surface area contributed by atoms with Crippen LogP contribution in [0.15, 0.2) is 12.5 Å². The van der Waals surface area contributed by atoms with E-state index in [1.807, 2.05) is 6.33 Å². The predicted molar refractivity (Wildman–Crippen MR) is 59.3 cm³/mol. The molecule has 1 heterocycles. The molecule has 2 rings (SSSR count). The van der Waals surface area contributed by atoms with E-state index in [1.165, 1.54) is 38.5 Å². The van der Waals surface area contributed by atoms with E-state index in [0.717, 1.165) is 18.2 Å². The Balaban J connectivity index is 1.94. The largest absolute Gasteiger partial charge is 0.390 e. The third kappa shape index (κ3) is 2.81. The van der Waals surface area contributed by atoms with Crippen molar-refractivity contribution in [3.8, 4) is 0 Å². The van der Waals surface area contributed by atoms with Gasteiger partial charge in [0.25, 0.3) is 0 Å². The molecule has 15 heavy (non-hydrogen) atoms. The van der Waals surface area contributed by atoms with Crippen molar-refractivity contribution < 1.29 is 5.11 Å². The van der Waals surface area contributed by atoms with Crippen molar-refractivity contribution in [2.24, 2.45) is 5.92 Å². The Bertz CT molecular complexity index is 288. The number of hydrogen-bond acceptors (Lipinski definition) is 2. The molecule has 1 N–H and O–H groups in total. The van der Waals surface area contributed by atoms with Crippen LogP contribution in [0.3, 0.4) is 0 Å². The topological polar surface area (TPSA) is 38.1 Å². The summed E-state index contributed by atoms with van der Waals surface area (Å²) in [6.07, 6.45) is 11.8. The Kier molecular flexibility index (Phi) is 3.78. The second-order valence-corrected chi connectivity index (χ2v) is 4.55. The van der Waals surface area contributed by atoms with Crippen molar-refractivity contribution in [3.63, 3.8) is 0 Å². The van der Waals surface area contributed by atoms with Crippen LogP contribution in [0.2, 0.25) is 0 Å². The molecule has 1 aliphatic carbocycles. The molecular formula is C12H20N2O. The number of aliphatic hydroxyl groups excluding tert-OH is 1. The van der Waals surface area contributed by atoms with Crippen LogP contribution >= 0.6 is 0 Å². The summed E-state index contributed by atoms with van der Waals surface area (Å²) in [5.41, 5.74) is 0.944. The highest BCUT2D eigenvalue weighted by molar-refractivity contribution is 4.96. The molecule has 1 aromatic rings. The number of imidazole rings is 1. The molecule has 1 aromatic heterocycles. The van der Waals surface area contributed by atoms with E-state index in [-0.39, 0.29) is 6.61 Å². The molecule has 0 amide bonds. The lowest BCUT2D eigenvalue weighted by atomic mass is 10.0. The molecule has 0 saturated heterocycles. The highest BCUT2D eigenvalue weighted by Crippen LogP contribution is 2.24. The number of nitrogens with zero attached hydrogens (tertiary/aromatic N) is 2. The van der Waals surface area contributed by atoms with Crippen molar-refractivity contribution in [1.29, 1.82) is 0 Å². The van der Waals surface area contributed by atoms with Crippen molar-refractivity contribution >= 4 is 0 Å². The van der Waals surface area contributed by atoms with Crippen LogP contribution in [0.1, 0.15) is 44.2 Å². The third-order valence-corrected chi connectivity index (χ3v) is 3.39. The fourth-order valence-corrected chi connectivity index (χ4v) is 2.47. The minimum absolute atomic E-state index is 0.104. The average molecular weight is 208 g/mol. The zero-order chi connectivity index (χ0) is 10.5. The van der Waals surface area contributed by atoms with E-state index in [1.54, 1.807) is 6.20 Å². The van der Waals surface area contributed by atoms with E-state index < -0.39 is 0 Å². The SMILES string of the molecule is OCc1cncn1CC1CCCCCC1. The highest BCUT2D eigenvalue weighted by atomic mass is 16.3. The Morgan fingerprint density at radius 3 is 2.67 bits per heavy atom. The minimum Gasteiger partial charge on any atom is -0.390 e. The van der Waals surface area contributed by atoms with Gasteiger partial charge in [-0.2, -0.15) is 0 Å². The maximum atomic E-state index is 9.13. The van der Waals surface area contributed by atoms with Crippen LogP contribution in [-0.4, -0.2) is 14.7 Å². The molecule has 0 bridgehead atoms. The fourth-order valence-electron chi connectivity index (χ4n) is 2.47. The van der Waals surface area contributed by atoms with Gasteiger partial charge in [-0.25, -0.2) is 4.98 Å². The van der Waals surface area contributed by atoms with E-state index >= 15 is 0 Å². The van der Waals surface area contributed by atoms with Gasteiger partial charge in [0.05, 0.1) is 24.8 Å². The summed E-state index contributed by atoms with van der Waals surface area (Å²) in [5, 5.41) is 9.13. The summed E-state index contributed by atoms with van der Waals surface area (Å²) in [4.78, 5) is 4.08. The molecule has 0 aliphatic heterocycles. The van der Waals surface area contributed by atoms with Gasteiger partial charge in [0, 0.05) is 6.54 Å². The molecule has 3 nitrogen and oxygen atoms in total. The minimum atomic E-state index is 0.104. The lowest BCUT2D eigenvalue weighted by molar-refractivity contribution is 0.265. The molecule has 0 aromatic carbocycles. The van der Waals surface area contributed by atoms with Crippen LogP contribution in [0, 0.1) is 5.92 Å². The highest BCUT2D eigenvalue weighted by Gasteiger charge is 2.13. The van der Waals surface area contributed by atoms with Crippen molar-refractivity contribution in [1.82, 2.24) is 9.55 Å². The third-order valence-electron chi connectivity index (χ3n) is 3.39. The zero-order valence-corrected chi connectivity index (χ0v) is 9.23. The van der Waals surface area contributed by atoms with Crippen LogP contribution < -0.4 is 0 Å². The lowest BCUT2D eigenvalue weighted by Gasteiger charge is -2.15. The van der Waals surface area contributed by atoms with Gasteiger partial charge in [-0.15, -0.1) is 0 Å². The average Bonchev–Trinajstić information content (AvgIpc) is 2.53. The molecule has 1 aliphatic rings. The van der Waals surface area contributed by atoms with Crippen LogP contribution in [0.4, 0.5) is 0 Å². The van der Waals surface area contributed by atoms with Gasteiger partial charge in [-0.3, -0.25) is 0 Å². The van der Waals surface area contributed by atoms with Gasteiger partial charge in [-0.1, -0.05) is 25.7 Å². The van der Waals surface area contributed by atoms with Crippen LogP contribution in [-0.2, 0) is 13.2 Å². The molecule has 0 atom stereocenters. The van der Waals surface area contributed by atoms with Gasteiger partial charge >= 0.3 is 0 Å². The maximum Gasteiger partial charge on any atom is 0.0948 e. The van der Waals surface area contributed by atoms with Crippen molar-refractivity contribution in [2.45, 2.75) is 51.7 Å². The second-order valence-electron chi connectivity index (χ2n) is 4.55. The summed E-state index contributed by atoms with van der Waals surface area (Å²) in [6, 6.07) is 0. The Hall–Kier alpha value is -0.830. The molecule has 84 valence electrons. The van der Waals surface area contributed by atoms with Crippen molar-refractivity contribution in [2.75, 3.05) is 0 Å². The van der Waals surface area contributed by atoms with Crippen LogP contribution in [0.5, 0.6) is 0 Å². The number of aromatic nitrogens is 2. The predicted octanol–water partition coefficient (Wildman–Crippen LogP) is 2.35. The summed E-state index contributed by atoms with van der Waals surface area (Å²) < 4.78 is 2.11. The van der Waals surface area contributed by atoms with Gasteiger partial charge < -0.3 is 9.67 Å². The molecule has 0 unspecified atom stereocenters. The summed E-state index contributed by atoms with van der Waals surface area (Å²) >= 11 is 0. The summed E-state index contributed by atoms with van der Waals surface area (Å²) in [5.74, 6) is 0.784. The lowest BCUT2D eigenvalue weighted by Crippen LogP contribution is -2.11. The first kappa shape index (κ1) is 10.7. The van der Waals surface area contributed by atoms with E-state index in [9.17, 15) is 0 Å². The molecular weight excluding hydrogens is 188 g/mol. The van der Waals surface area contributed by atoms with Gasteiger partial charge in [0.1, 0.15) is 0 Å². The normalized spacial score (nSPS) is 19.0. The van der Waals surface area contributed by atoms with Gasteiger partial charge in [0.2, 0.25) is 0 Å². The summed E-state index contributed by atoms with van der Waals surface area (Å²) in [7, 11) is 0. The van der Waals surface area contributed by atoms with Crippen LogP contribution in [0.25, 0.3) is 0 Å². The number of hydrogen-bond donors (Lipinski definition) is 1. The quantitative estimate of drug-likeness (QED) is 0.774. The van der Waals surface area contributed by atoms with Gasteiger partial charge in [0.15, 0.2) is 0 Å². The monoisotopic (exact) mass is 208 g/mol. The first-order chi connectivity index (χ1) is 7.40. The first-order valence-corrected chi connectivity index (χ1v) is 6.00. The molecule has 1 fully saturated rings. The Morgan fingerprint density at radius 1 is 1.27 bits per heavy atom. The second kappa shape index (κ2) is 5.31. The maximum absolute atomic E-state index is 9.13. The number of rotatable bonds is 3. The molecule has 0 radical (unpaired) electrons. The Labute approximate surface area is 91.1 Å². The first-order valence-electron chi connectivity index (χ1n) is 6.00. The van der Waals surface area contributed by atoms with E-state index in [4.69, 9.17) is 5.11 Å². The Morgan fingerprint density at radius 2 is 2.00 bits per heavy atom. The molecule has 0 spiro atoms.